The zero-order valence-corrected chi connectivity index (χ0v) is 12.3. The lowest BCUT2D eigenvalue weighted by molar-refractivity contribution is 0.480. The van der Waals surface area contributed by atoms with Crippen molar-refractivity contribution < 1.29 is 12.6 Å². The van der Waals surface area contributed by atoms with E-state index in [0.717, 1.165) is 10.5 Å². The van der Waals surface area contributed by atoms with Crippen LogP contribution in [0.5, 0.6) is 5.75 Å². The van der Waals surface area contributed by atoms with Gasteiger partial charge in [0.1, 0.15) is 4.90 Å². The van der Waals surface area contributed by atoms with Gasteiger partial charge in [-0.25, -0.2) is 0 Å². The molecule has 0 aliphatic carbocycles. The highest BCUT2D eigenvalue weighted by molar-refractivity contribution is 7.98. The van der Waals surface area contributed by atoms with Crippen LogP contribution in [0.25, 0.3) is 0 Å². The van der Waals surface area contributed by atoms with Crippen LogP contribution in [0.1, 0.15) is 5.56 Å². The maximum Gasteiger partial charge on any atom is 0.339 e. The molecular weight excluding hydrogens is 280 g/mol. The van der Waals surface area contributed by atoms with Gasteiger partial charge in [-0.3, -0.25) is 0 Å². The lowest BCUT2D eigenvalue weighted by Gasteiger charge is -2.10. The van der Waals surface area contributed by atoms with Crippen molar-refractivity contribution in [3.05, 3.63) is 54.1 Å². The van der Waals surface area contributed by atoms with E-state index in [9.17, 15) is 8.42 Å². The van der Waals surface area contributed by atoms with Gasteiger partial charge in [-0.1, -0.05) is 29.8 Å². The molecule has 0 heterocycles. The lowest BCUT2D eigenvalue weighted by Crippen LogP contribution is -2.10. The van der Waals surface area contributed by atoms with Gasteiger partial charge >= 0.3 is 10.1 Å². The highest BCUT2D eigenvalue weighted by atomic mass is 32.2. The molecular formula is C14H14O3S2. The van der Waals surface area contributed by atoms with Crippen LogP contribution in [0.4, 0.5) is 0 Å². The molecule has 0 fully saturated rings. The van der Waals surface area contributed by atoms with Crippen molar-refractivity contribution in [1.29, 1.82) is 0 Å². The normalized spacial score (nSPS) is 11.3. The molecule has 2 aromatic rings. The first kappa shape index (κ1) is 14.0. The average molecular weight is 294 g/mol. The molecule has 0 bridgehead atoms. The zero-order chi connectivity index (χ0) is 13.9. The Labute approximate surface area is 117 Å². The van der Waals surface area contributed by atoms with Crippen LogP contribution in [-0.4, -0.2) is 14.7 Å². The van der Waals surface area contributed by atoms with Crippen LogP contribution in [-0.2, 0) is 10.1 Å². The van der Waals surface area contributed by atoms with Crippen molar-refractivity contribution >= 4 is 21.9 Å². The molecule has 2 aromatic carbocycles. The number of rotatable bonds is 4. The highest BCUT2D eigenvalue weighted by Crippen LogP contribution is 2.29. The molecule has 0 aliphatic heterocycles. The monoisotopic (exact) mass is 294 g/mol. The Hall–Kier alpha value is -1.46. The lowest BCUT2D eigenvalue weighted by atomic mass is 10.2. The Morgan fingerprint density at radius 2 is 1.63 bits per heavy atom. The summed E-state index contributed by atoms with van der Waals surface area (Å²) >= 11 is 1.44. The Morgan fingerprint density at radius 1 is 1.00 bits per heavy atom. The van der Waals surface area contributed by atoms with E-state index in [1.807, 2.05) is 25.3 Å². The van der Waals surface area contributed by atoms with Crippen molar-refractivity contribution in [2.45, 2.75) is 16.7 Å². The fourth-order valence-corrected chi connectivity index (χ4v) is 3.08. The smallest absolute Gasteiger partial charge is 0.339 e. The fraction of sp³-hybridized carbons (Fsp3) is 0.143. The van der Waals surface area contributed by atoms with Crippen molar-refractivity contribution in [3.8, 4) is 5.75 Å². The minimum atomic E-state index is -3.78. The van der Waals surface area contributed by atoms with Gasteiger partial charge in [0.05, 0.1) is 4.90 Å². The maximum absolute atomic E-state index is 12.1. The Morgan fingerprint density at radius 3 is 2.26 bits per heavy atom. The van der Waals surface area contributed by atoms with Crippen molar-refractivity contribution in [2.24, 2.45) is 0 Å². The molecule has 0 N–H and O–H groups in total. The van der Waals surface area contributed by atoms with Crippen molar-refractivity contribution in [3.63, 3.8) is 0 Å². The molecule has 0 unspecified atom stereocenters. The number of para-hydroxylation sites is 1. The SMILES string of the molecule is CSc1ccccc1OS(=O)(=O)c1ccc(C)cc1. The van der Waals surface area contributed by atoms with Gasteiger partial charge in [0, 0.05) is 0 Å². The predicted octanol–water partition coefficient (Wildman–Crippen LogP) is 3.48. The highest BCUT2D eigenvalue weighted by Gasteiger charge is 2.17. The van der Waals surface area contributed by atoms with Crippen molar-refractivity contribution in [1.82, 2.24) is 0 Å². The number of benzene rings is 2. The molecule has 0 saturated heterocycles. The van der Waals surface area contributed by atoms with Gasteiger partial charge < -0.3 is 4.18 Å². The number of hydrogen-bond donors (Lipinski definition) is 0. The third kappa shape index (κ3) is 3.30. The van der Waals surface area contributed by atoms with E-state index in [-0.39, 0.29) is 4.90 Å². The third-order valence-electron chi connectivity index (χ3n) is 2.58. The first-order chi connectivity index (χ1) is 9.03. The summed E-state index contributed by atoms with van der Waals surface area (Å²) in [6.07, 6.45) is 1.88. The summed E-state index contributed by atoms with van der Waals surface area (Å²) in [6, 6.07) is 13.7. The second-order valence-electron chi connectivity index (χ2n) is 4.00. The van der Waals surface area contributed by atoms with E-state index in [4.69, 9.17) is 4.18 Å². The third-order valence-corrected chi connectivity index (χ3v) is 4.60. The maximum atomic E-state index is 12.1. The Balaban J connectivity index is 2.34. The molecule has 2 rings (SSSR count). The van der Waals surface area contributed by atoms with E-state index in [1.165, 1.54) is 11.8 Å². The minimum Gasteiger partial charge on any atom is -0.378 e. The number of aryl methyl sites for hydroxylation is 1. The molecule has 0 saturated carbocycles. The molecule has 0 spiro atoms. The Bertz CT molecular complexity index is 661. The van der Waals surface area contributed by atoms with E-state index in [1.54, 1.807) is 36.4 Å². The van der Waals surface area contributed by atoms with Crippen LogP contribution < -0.4 is 4.18 Å². The second-order valence-corrected chi connectivity index (χ2v) is 6.40. The summed E-state index contributed by atoms with van der Waals surface area (Å²) in [5, 5.41) is 0. The summed E-state index contributed by atoms with van der Waals surface area (Å²) in [7, 11) is -3.78. The standard InChI is InChI=1S/C14H14O3S2/c1-11-7-9-12(10-8-11)19(15,16)17-13-5-3-4-6-14(13)18-2/h3-10H,1-2H3. The molecule has 0 aromatic heterocycles. The van der Waals surface area contributed by atoms with E-state index in [2.05, 4.69) is 0 Å². The molecule has 100 valence electrons. The predicted molar refractivity (Wildman–Crippen MR) is 77.2 cm³/mol. The quantitative estimate of drug-likeness (QED) is 0.639. The molecule has 0 amide bonds. The van der Waals surface area contributed by atoms with Gasteiger partial charge in [0.25, 0.3) is 0 Å². The average Bonchev–Trinajstić information content (AvgIpc) is 2.39. The summed E-state index contributed by atoms with van der Waals surface area (Å²) in [4.78, 5) is 0.951. The number of hydrogen-bond acceptors (Lipinski definition) is 4. The molecule has 19 heavy (non-hydrogen) atoms. The van der Waals surface area contributed by atoms with Crippen molar-refractivity contribution in [2.75, 3.05) is 6.26 Å². The topological polar surface area (TPSA) is 43.4 Å². The molecule has 0 aliphatic rings. The second kappa shape index (κ2) is 5.67. The molecule has 5 heteroatoms. The van der Waals surface area contributed by atoms with Gasteiger partial charge in [-0.15, -0.1) is 11.8 Å². The van der Waals surface area contributed by atoms with Gasteiger partial charge in [0.15, 0.2) is 5.75 Å². The van der Waals surface area contributed by atoms with E-state index < -0.39 is 10.1 Å². The number of thioether (sulfide) groups is 1. The minimum absolute atomic E-state index is 0.161. The van der Waals surface area contributed by atoms with Gasteiger partial charge in [0.2, 0.25) is 0 Å². The summed E-state index contributed by atoms with van der Waals surface area (Å²) in [6.45, 7) is 1.90. The Kier molecular flexibility index (Phi) is 4.17. The largest absolute Gasteiger partial charge is 0.378 e. The summed E-state index contributed by atoms with van der Waals surface area (Å²) < 4.78 is 29.5. The van der Waals surface area contributed by atoms with Gasteiger partial charge in [-0.05, 0) is 37.4 Å². The first-order valence-corrected chi connectivity index (χ1v) is 8.30. The molecule has 0 radical (unpaired) electrons. The van der Waals surface area contributed by atoms with Gasteiger partial charge in [-0.2, -0.15) is 8.42 Å². The molecule has 0 atom stereocenters. The summed E-state index contributed by atoms with van der Waals surface area (Å²) in [5.41, 5.74) is 1.00. The van der Waals surface area contributed by atoms with Crippen LogP contribution >= 0.6 is 11.8 Å². The van der Waals surface area contributed by atoms with Crippen LogP contribution in [0.2, 0.25) is 0 Å². The van der Waals surface area contributed by atoms with Crippen LogP contribution in [0.3, 0.4) is 0 Å². The zero-order valence-electron chi connectivity index (χ0n) is 10.7. The van der Waals surface area contributed by atoms with E-state index >= 15 is 0 Å². The molecule has 3 nitrogen and oxygen atoms in total. The van der Waals surface area contributed by atoms with E-state index in [0.29, 0.717) is 5.75 Å². The van der Waals surface area contributed by atoms with Crippen LogP contribution in [0, 0.1) is 6.92 Å². The summed E-state index contributed by atoms with van der Waals surface area (Å²) in [5.74, 6) is 0.357. The van der Waals surface area contributed by atoms with Crippen LogP contribution in [0.15, 0.2) is 58.3 Å². The fourth-order valence-electron chi connectivity index (χ4n) is 1.56. The first-order valence-electron chi connectivity index (χ1n) is 5.67.